The van der Waals surface area contributed by atoms with Crippen LogP contribution in [0.3, 0.4) is 0 Å². The van der Waals surface area contributed by atoms with E-state index in [-0.39, 0.29) is 18.2 Å². The summed E-state index contributed by atoms with van der Waals surface area (Å²) in [6.45, 7) is 1.96. The smallest absolute Gasteiger partial charge is 0.359 e. The zero-order chi connectivity index (χ0) is 19.7. The Labute approximate surface area is 166 Å². The van der Waals surface area contributed by atoms with Gasteiger partial charge in [-0.15, -0.1) is 0 Å². The van der Waals surface area contributed by atoms with E-state index >= 15 is 0 Å². The summed E-state index contributed by atoms with van der Waals surface area (Å²) in [4.78, 5) is 24.9. The standard InChI is InChI=1S/C21H16ClN3O3/c1-2-28-21(27)19-13(12-25(24-19)15-6-4-3-5-7-15)10-17-16-9-8-14(22)11-18(16)23-20(17)26/h3-12H,2H2,1H3,(H,23,26). The second-order valence-corrected chi connectivity index (χ2v) is 6.57. The molecule has 1 aromatic heterocycles. The number of aromatic nitrogens is 2. The topological polar surface area (TPSA) is 73.2 Å². The van der Waals surface area contributed by atoms with E-state index in [1.807, 2.05) is 30.3 Å². The highest BCUT2D eigenvalue weighted by Gasteiger charge is 2.26. The minimum atomic E-state index is -0.543. The van der Waals surface area contributed by atoms with Crippen molar-refractivity contribution in [2.45, 2.75) is 6.92 Å². The first-order chi connectivity index (χ1) is 13.6. The van der Waals surface area contributed by atoms with E-state index in [9.17, 15) is 9.59 Å². The third kappa shape index (κ3) is 3.30. The van der Waals surface area contributed by atoms with Crippen LogP contribution in [0.1, 0.15) is 28.5 Å². The molecule has 0 radical (unpaired) electrons. The molecule has 7 heteroatoms. The predicted octanol–water partition coefficient (Wildman–Crippen LogP) is 4.20. The number of hydrogen-bond acceptors (Lipinski definition) is 4. The van der Waals surface area contributed by atoms with Crippen LogP contribution in [0.4, 0.5) is 5.69 Å². The molecule has 1 amide bonds. The Morgan fingerprint density at radius 3 is 2.79 bits per heavy atom. The first-order valence-electron chi connectivity index (χ1n) is 8.72. The Morgan fingerprint density at radius 2 is 2.04 bits per heavy atom. The average Bonchev–Trinajstić information content (AvgIpc) is 3.24. The Morgan fingerprint density at radius 1 is 1.25 bits per heavy atom. The molecule has 28 heavy (non-hydrogen) atoms. The summed E-state index contributed by atoms with van der Waals surface area (Å²) in [7, 11) is 0. The molecular formula is C21H16ClN3O3. The van der Waals surface area contributed by atoms with Crippen molar-refractivity contribution in [3.63, 3.8) is 0 Å². The first-order valence-corrected chi connectivity index (χ1v) is 9.10. The number of carbonyl (C=O) groups excluding carboxylic acids is 2. The van der Waals surface area contributed by atoms with Crippen molar-refractivity contribution in [2.75, 3.05) is 11.9 Å². The van der Waals surface area contributed by atoms with Gasteiger partial charge in [-0.05, 0) is 37.3 Å². The second-order valence-electron chi connectivity index (χ2n) is 6.14. The van der Waals surface area contributed by atoms with Crippen LogP contribution in [-0.4, -0.2) is 28.3 Å². The van der Waals surface area contributed by atoms with Crippen molar-refractivity contribution in [2.24, 2.45) is 0 Å². The Hall–Kier alpha value is -3.38. The van der Waals surface area contributed by atoms with Crippen molar-refractivity contribution in [1.29, 1.82) is 0 Å². The van der Waals surface area contributed by atoms with Crippen LogP contribution in [0.15, 0.2) is 54.7 Å². The summed E-state index contributed by atoms with van der Waals surface area (Å²) in [5.41, 5.74) is 3.22. The SMILES string of the molecule is CCOC(=O)c1nn(-c2ccccc2)cc1C=C1C(=O)Nc2cc(Cl)ccc21. The number of amides is 1. The molecule has 3 aromatic rings. The van der Waals surface area contributed by atoms with Crippen LogP contribution in [0.5, 0.6) is 0 Å². The summed E-state index contributed by atoms with van der Waals surface area (Å²) in [5.74, 6) is -0.807. The van der Waals surface area contributed by atoms with Gasteiger partial charge >= 0.3 is 5.97 Å². The van der Waals surface area contributed by atoms with Crippen LogP contribution in [0.2, 0.25) is 5.02 Å². The van der Waals surface area contributed by atoms with Crippen molar-refractivity contribution in [1.82, 2.24) is 9.78 Å². The molecule has 0 saturated heterocycles. The first kappa shape index (κ1) is 18.0. The van der Waals surface area contributed by atoms with E-state index in [2.05, 4.69) is 10.4 Å². The molecule has 140 valence electrons. The van der Waals surface area contributed by atoms with Gasteiger partial charge in [0.2, 0.25) is 0 Å². The fourth-order valence-corrected chi connectivity index (χ4v) is 3.20. The summed E-state index contributed by atoms with van der Waals surface area (Å²) >= 11 is 6.01. The van der Waals surface area contributed by atoms with Gasteiger partial charge in [0.15, 0.2) is 5.69 Å². The normalized spacial score (nSPS) is 14.1. The summed E-state index contributed by atoms with van der Waals surface area (Å²) < 4.78 is 6.72. The van der Waals surface area contributed by atoms with Gasteiger partial charge in [-0.25, -0.2) is 9.48 Å². The van der Waals surface area contributed by atoms with Crippen molar-refractivity contribution in [3.05, 3.63) is 76.6 Å². The molecule has 0 aliphatic carbocycles. The molecule has 2 aromatic carbocycles. The van der Waals surface area contributed by atoms with Gasteiger partial charge in [0.25, 0.3) is 5.91 Å². The van der Waals surface area contributed by atoms with E-state index in [4.69, 9.17) is 16.3 Å². The molecule has 1 aliphatic heterocycles. The zero-order valence-electron chi connectivity index (χ0n) is 15.0. The van der Waals surface area contributed by atoms with Gasteiger partial charge in [-0.3, -0.25) is 4.79 Å². The maximum Gasteiger partial charge on any atom is 0.359 e. The molecular weight excluding hydrogens is 378 g/mol. The van der Waals surface area contributed by atoms with Gasteiger partial charge in [0, 0.05) is 27.9 Å². The molecule has 4 rings (SSSR count). The van der Waals surface area contributed by atoms with Crippen LogP contribution < -0.4 is 5.32 Å². The van der Waals surface area contributed by atoms with E-state index < -0.39 is 5.97 Å². The van der Waals surface area contributed by atoms with Crippen LogP contribution in [0, 0.1) is 0 Å². The molecule has 0 atom stereocenters. The minimum absolute atomic E-state index is 0.147. The lowest BCUT2D eigenvalue weighted by Gasteiger charge is -2.01. The molecule has 1 aliphatic rings. The quantitative estimate of drug-likeness (QED) is 0.532. The maximum atomic E-state index is 12.5. The van der Waals surface area contributed by atoms with Gasteiger partial charge in [-0.1, -0.05) is 35.9 Å². The van der Waals surface area contributed by atoms with Gasteiger partial charge in [0.1, 0.15) is 0 Å². The number of esters is 1. The molecule has 0 unspecified atom stereocenters. The molecule has 0 fully saturated rings. The van der Waals surface area contributed by atoms with Crippen LogP contribution >= 0.6 is 11.6 Å². The van der Waals surface area contributed by atoms with Gasteiger partial charge < -0.3 is 10.1 Å². The van der Waals surface area contributed by atoms with Crippen LogP contribution in [0.25, 0.3) is 17.3 Å². The zero-order valence-corrected chi connectivity index (χ0v) is 15.7. The molecule has 0 saturated carbocycles. The van der Waals surface area contributed by atoms with E-state index in [0.717, 1.165) is 11.3 Å². The van der Waals surface area contributed by atoms with E-state index in [1.165, 1.54) is 0 Å². The third-order valence-electron chi connectivity index (χ3n) is 4.30. The number of carbonyl (C=O) groups is 2. The van der Waals surface area contributed by atoms with Crippen LogP contribution in [-0.2, 0) is 9.53 Å². The molecule has 0 bridgehead atoms. The Balaban J connectivity index is 1.83. The van der Waals surface area contributed by atoms with Crippen molar-refractivity contribution in [3.8, 4) is 5.69 Å². The monoisotopic (exact) mass is 393 g/mol. The minimum Gasteiger partial charge on any atom is -0.461 e. The number of anilines is 1. The number of fused-ring (bicyclic) bond motifs is 1. The van der Waals surface area contributed by atoms with Crippen molar-refractivity contribution < 1.29 is 14.3 Å². The highest BCUT2D eigenvalue weighted by Crippen LogP contribution is 2.35. The number of benzene rings is 2. The summed E-state index contributed by atoms with van der Waals surface area (Å²) in [5, 5.41) is 7.70. The number of halogens is 1. The second kappa shape index (κ2) is 7.32. The van der Waals surface area contributed by atoms with Gasteiger partial charge in [-0.2, -0.15) is 5.10 Å². The van der Waals surface area contributed by atoms with Crippen molar-refractivity contribution >= 4 is 40.8 Å². The molecule has 2 heterocycles. The highest BCUT2D eigenvalue weighted by molar-refractivity contribution is 6.36. The largest absolute Gasteiger partial charge is 0.461 e. The fourth-order valence-electron chi connectivity index (χ4n) is 3.03. The lowest BCUT2D eigenvalue weighted by Crippen LogP contribution is -2.08. The highest BCUT2D eigenvalue weighted by atomic mass is 35.5. The maximum absolute atomic E-state index is 12.5. The number of ether oxygens (including phenoxy) is 1. The molecule has 0 spiro atoms. The third-order valence-corrected chi connectivity index (χ3v) is 4.53. The number of para-hydroxylation sites is 1. The lowest BCUT2D eigenvalue weighted by atomic mass is 10.0. The summed E-state index contributed by atoms with van der Waals surface area (Å²) in [6.07, 6.45) is 3.35. The van der Waals surface area contributed by atoms with E-state index in [1.54, 1.807) is 42.1 Å². The predicted molar refractivity (Wildman–Crippen MR) is 107 cm³/mol. The Bertz CT molecular complexity index is 1100. The number of rotatable bonds is 4. The average molecular weight is 394 g/mol. The molecule has 1 N–H and O–H groups in total. The van der Waals surface area contributed by atoms with E-state index in [0.29, 0.717) is 21.8 Å². The lowest BCUT2D eigenvalue weighted by molar-refractivity contribution is -0.110. The van der Waals surface area contributed by atoms with Gasteiger partial charge in [0.05, 0.1) is 18.0 Å². The summed E-state index contributed by atoms with van der Waals surface area (Å²) in [6, 6.07) is 14.6. The number of hydrogen-bond donors (Lipinski definition) is 1. The molecule has 6 nitrogen and oxygen atoms in total. The fraction of sp³-hybridized carbons (Fsp3) is 0.0952. The number of nitrogens with one attached hydrogen (secondary N) is 1. The Kier molecular flexibility index (Phi) is 4.71. The number of nitrogens with zero attached hydrogens (tertiary/aromatic N) is 2.